The van der Waals surface area contributed by atoms with E-state index in [-0.39, 0.29) is 0 Å². The Morgan fingerprint density at radius 3 is 2.67 bits per heavy atom. The molecular weight excluding hydrogens is 250 g/mol. The Balaban J connectivity index is 2.40. The molecule has 96 valence electrons. The predicted molar refractivity (Wildman–Crippen MR) is 68.6 cm³/mol. The number of hydrogen-bond acceptors (Lipinski definition) is 7. The van der Waals surface area contributed by atoms with E-state index in [4.69, 9.17) is 0 Å². The summed E-state index contributed by atoms with van der Waals surface area (Å²) in [5.41, 5.74) is 1.00. The van der Waals surface area contributed by atoms with Gasteiger partial charge in [0, 0.05) is 26.1 Å². The first-order valence-corrected chi connectivity index (χ1v) is 6.42. The molecule has 2 aromatic heterocycles. The topological polar surface area (TPSA) is 81.4 Å². The van der Waals surface area contributed by atoms with Crippen LogP contribution in [0.1, 0.15) is 18.3 Å². The third-order valence-electron chi connectivity index (χ3n) is 2.47. The van der Waals surface area contributed by atoms with Crippen LogP contribution in [-0.4, -0.2) is 37.2 Å². The van der Waals surface area contributed by atoms with Gasteiger partial charge in [0.15, 0.2) is 0 Å². The molecule has 0 atom stereocenters. The minimum absolute atomic E-state index is 0.709. The maximum absolute atomic E-state index is 4.52. The molecule has 0 spiro atoms. The second-order valence-corrected chi connectivity index (χ2v) is 4.67. The standard InChI is InChI=1S/C10H15N7S/c1-5-7-12-8(11-3)6(2)9(13-7)18-10-14-15-16-17(10)4/h5H2,1-4H3,(H,11,12,13). The Hall–Kier alpha value is -1.70. The van der Waals surface area contributed by atoms with Gasteiger partial charge < -0.3 is 5.32 Å². The molecule has 0 aliphatic rings. The molecule has 0 saturated heterocycles. The fraction of sp³-hybridized carbons (Fsp3) is 0.500. The van der Waals surface area contributed by atoms with E-state index >= 15 is 0 Å². The zero-order valence-electron chi connectivity index (χ0n) is 10.8. The molecule has 0 aromatic carbocycles. The minimum Gasteiger partial charge on any atom is -0.373 e. The van der Waals surface area contributed by atoms with E-state index < -0.39 is 0 Å². The van der Waals surface area contributed by atoms with Gasteiger partial charge in [-0.15, -0.1) is 5.10 Å². The smallest absolute Gasteiger partial charge is 0.215 e. The second-order valence-electron chi connectivity index (χ2n) is 3.71. The Labute approximate surface area is 109 Å². The number of aryl methyl sites for hydroxylation is 2. The molecule has 0 bridgehead atoms. The molecule has 1 N–H and O–H groups in total. The summed E-state index contributed by atoms with van der Waals surface area (Å²) in [7, 11) is 3.66. The van der Waals surface area contributed by atoms with Gasteiger partial charge in [-0.2, -0.15) is 0 Å². The summed E-state index contributed by atoms with van der Waals surface area (Å²) in [5, 5.41) is 16.0. The summed E-state index contributed by atoms with van der Waals surface area (Å²) in [6.07, 6.45) is 0.791. The number of nitrogens with zero attached hydrogens (tertiary/aromatic N) is 6. The lowest BCUT2D eigenvalue weighted by Gasteiger charge is -2.10. The summed E-state index contributed by atoms with van der Waals surface area (Å²) in [5.74, 6) is 1.65. The summed E-state index contributed by atoms with van der Waals surface area (Å²) >= 11 is 1.44. The second kappa shape index (κ2) is 5.30. The average Bonchev–Trinajstić information content (AvgIpc) is 2.77. The highest BCUT2D eigenvalue weighted by atomic mass is 32.2. The van der Waals surface area contributed by atoms with Gasteiger partial charge in [0.1, 0.15) is 16.7 Å². The molecule has 7 nitrogen and oxygen atoms in total. The van der Waals surface area contributed by atoms with E-state index in [9.17, 15) is 0 Å². The molecule has 0 radical (unpaired) electrons. The number of anilines is 1. The van der Waals surface area contributed by atoms with Crippen molar-refractivity contribution in [2.75, 3.05) is 12.4 Å². The van der Waals surface area contributed by atoms with Crippen molar-refractivity contribution in [2.45, 2.75) is 30.5 Å². The van der Waals surface area contributed by atoms with Crippen molar-refractivity contribution in [3.8, 4) is 0 Å². The van der Waals surface area contributed by atoms with Crippen LogP contribution in [0.25, 0.3) is 0 Å². The molecule has 8 heteroatoms. The molecule has 18 heavy (non-hydrogen) atoms. The van der Waals surface area contributed by atoms with Crippen LogP contribution in [0.3, 0.4) is 0 Å². The van der Waals surface area contributed by atoms with Crippen LogP contribution in [0, 0.1) is 6.92 Å². The van der Waals surface area contributed by atoms with Crippen LogP contribution in [0.4, 0.5) is 5.82 Å². The molecule has 0 aliphatic carbocycles. The maximum atomic E-state index is 4.52. The van der Waals surface area contributed by atoms with Crippen LogP contribution in [-0.2, 0) is 13.5 Å². The Morgan fingerprint density at radius 1 is 1.33 bits per heavy atom. The summed E-state index contributed by atoms with van der Waals surface area (Å²) in [6.45, 7) is 4.01. The van der Waals surface area contributed by atoms with Gasteiger partial charge in [-0.1, -0.05) is 6.92 Å². The van der Waals surface area contributed by atoms with E-state index in [1.807, 2.05) is 20.9 Å². The van der Waals surface area contributed by atoms with E-state index in [0.717, 1.165) is 28.7 Å². The number of hydrogen-bond donors (Lipinski definition) is 1. The molecule has 0 aliphatic heterocycles. The molecule has 0 saturated carbocycles. The van der Waals surface area contributed by atoms with E-state index in [2.05, 4.69) is 30.8 Å². The number of tetrazole rings is 1. The Bertz CT molecular complexity index is 551. The van der Waals surface area contributed by atoms with Crippen LogP contribution in [0.5, 0.6) is 0 Å². The fourth-order valence-electron chi connectivity index (χ4n) is 1.44. The highest BCUT2D eigenvalue weighted by Gasteiger charge is 2.13. The maximum Gasteiger partial charge on any atom is 0.215 e. The van der Waals surface area contributed by atoms with Gasteiger partial charge in [-0.25, -0.2) is 14.6 Å². The number of nitrogens with one attached hydrogen (secondary N) is 1. The number of aromatic nitrogens is 6. The third-order valence-corrected chi connectivity index (χ3v) is 3.59. The molecule has 2 heterocycles. The monoisotopic (exact) mass is 265 g/mol. The highest BCUT2D eigenvalue weighted by molar-refractivity contribution is 7.99. The SMILES string of the molecule is CCc1nc(NC)c(C)c(Sc2nnnn2C)n1. The van der Waals surface area contributed by atoms with Gasteiger partial charge in [-0.3, -0.25) is 0 Å². The summed E-state index contributed by atoms with van der Waals surface area (Å²) < 4.78 is 1.62. The lowest BCUT2D eigenvalue weighted by Crippen LogP contribution is -2.04. The summed E-state index contributed by atoms with van der Waals surface area (Å²) in [6, 6.07) is 0. The molecular formula is C10H15N7S. The van der Waals surface area contributed by atoms with Gasteiger partial charge in [0.05, 0.1) is 0 Å². The van der Waals surface area contributed by atoms with Crippen molar-refractivity contribution in [3.05, 3.63) is 11.4 Å². The van der Waals surface area contributed by atoms with Crippen molar-refractivity contribution >= 4 is 17.6 Å². The van der Waals surface area contributed by atoms with Crippen LogP contribution < -0.4 is 5.32 Å². The van der Waals surface area contributed by atoms with E-state index in [1.54, 1.807) is 11.7 Å². The van der Waals surface area contributed by atoms with Crippen LogP contribution in [0.2, 0.25) is 0 Å². The van der Waals surface area contributed by atoms with Crippen molar-refractivity contribution in [1.82, 2.24) is 30.2 Å². The zero-order valence-corrected chi connectivity index (χ0v) is 11.6. The predicted octanol–water partition coefficient (Wildman–Crippen LogP) is 1.06. The largest absolute Gasteiger partial charge is 0.373 e. The van der Waals surface area contributed by atoms with Crippen LogP contribution in [0.15, 0.2) is 10.2 Å². The van der Waals surface area contributed by atoms with E-state index in [0.29, 0.717) is 5.16 Å². The molecule has 0 unspecified atom stereocenters. The molecule has 0 fully saturated rings. The Morgan fingerprint density at radius 2 is 2.11 bits per heavy atom. The Kier molecular flexibility index (Phi) is 3.75. The average molecular weight is 265 g/mol. The first-order valence-electron chi connectivity index (χ1n) is 5.61. The van der Waals surface area contributed by atoms with Crippen molar-refractivity contribution < 1.29 is 0 Å². The summed E-state index contributed by atoms with van der Waals surface area (Å²) in [4.78, 5) is 8.95. The zero-order chi connectivity index (χ0) is 13.1. The molecule has 2 rings (SSSR count). The quantitative estimate of drug-likeness (QED) is 0.828. The van der Waals surface area contributed by atoms with Gasteiger partial charge in [0.2, 0.25) is 5.16 Å². The van der Waals surface area contributed by atoms with Crippen LogP contribution >= 0.6 is 11.8 Å². The minimum atomic E-state index is 0.709. The van der Waals surface area contributed by atoms with Gasteiger partial charge in [0.25, 0.3) is 0 Å². The normalized spacial score (nSPS) is 10.7. The lowest BCUT2D eigenvalue weighted by atomic mass is 10.3. The third kappa shape index (κ3) is 2.42. The van der Waals surface area contributed by atoms with Gasteiger partial charge >= 0.3 is 0 Å². The molecule has 0 amide bonds. The number of rotatable bonds is 4. The van der Waals surface area contributed by atoms with Crippen molar-refractivity contribution in [3.63, 3.8) is 0 Å². The van der Waals surface area contributed by atoms with Crippen molar-refractivity contribution in [1.29, 1.82) is 0 Å². The fourth-order valence-corrected chi connectivity index (χ4v) is 2.26. The first kappa shape index (κ1) is 12.7. The van der Waals surface area contributed by atoms with E-state index in [1.165, 1.54) is 11.8 Å². The van der Waals surface area contributed by atoms with Crippen molar-refractivity contribution in [2.24, 2.45) is 7.05 Å². The molecule has 2 aromatic rings. The van der Waals surface area contributed by atoms with Gasteiger partial charge in [-0.05, 0) is 29.1 Å². The highest BCUT2D eigenvalue weighted by Crippen LogP contribution is 2.29. The first-order chi connectivity index (χ1) is 8.65. The lowest BCUT2D eigenvalue weighted by molar-refractivity contribution is 0.664.